The van der Waals surface area contributed by atoms with E-state index in [1.165, 1.54) is 32.1 Å². The van der Waals surface area contributed by atoms with Crippen LogP contribution in [0.4, 0.5) is 5.13 Å². The molecule has 2 unspecified atom stereocenters. The van der Waals surface area contributed by atoms with Gasteiger partial charge in [-0.05, 0) is 25.2 Å². The van der Waals surface area contributed by atoms with Crippen LogP contribution in [-0.4, -0.2) is 28.6 Å². The van der Waals surface area contributed by atoms with E-state index in [1.54, 1.807) is 11.3 Å². The molecule has 2 aliphatic rings. The van der Waals surface area contributed by atoms with Crippen LogP contribution in [0.25, 0.3) is 0 Å². The van der Waals surface area contributed by atoms with Crippen LogP contribution in [0.2, 0.25) is 0 Å². The zero-order valence-electron chi connectivity index (χ0n) is 10.3. The monoisotopic (exact) mass is 266 g/mol. The lowest BCUT2D eigenvalue weighted by molar-refractivity contribution is -0.136. The molecular weight excluding hydrogens is 248 g/mol. The molecule has 0 bridgehead atoms. The Hall–Kier alpha value is -1.10. The van der Waals surface area contributed by atoms with Crippen molar-refractivity contribution in [1.82, 2.24) is 4.98 Å². The van der Waals surface area contributed by atoms with Gasteiger partial charge in [-0.1, -0.05) is 12.8 Å². The van der Waals surface area contributed by atoms with E-state index in [0.717, 1.165) is 17.6 Å². The first-order valence-electron chi connectivity index (χ1n) is 6.67. The van der Waals surface area contributed by atoms with Gasteiger partial charge >= 0.3 is 5.97 Å². The second-order valence-corrected chi connectivity index (χ2v) is 6.12. The third-order valence-electron chi connectivity index (χ3n) is 4.13. The average Bonchev–Trinajstić information content (AvgIpc) is 2.94. The first-order chi connectivity index (χ1) is 8.74. The van der Waals surface area contributed by atoms with Crippen LogP contribution >= 0.6 is 11.3 Å². The van der Waals surface area contributed by atoms with Gasteiger partial charge in [0, 0.05) is 18.0 Å². The number of hydrogen-bond donors (Lipinski definition) is 1. The zero-order valence-corrected chi connectivity index (χ0v) is 11.2. The second-order valence-electron chi connectivity index (χ2n) is 5.29. The van der Waals surface area contributed by atoms with E-state index in [-0.39, 0.29) is 6.42 Å². The summed E-state index contributed by atoms with van der Waals surface area (Å²) in [6.45, 7) is 1.09. The smallest absolute Gasteiger partial charge is 0.309 e. The van der Waals surface area contributed by atoms with Crippen molar-refractivity contribution in [2.24, 2.45) is 5.92 Å². The van der Waals surface area contributed by atoms with Crippen LogP contribution in [0.15, 0.2) is 5.38 Å². The maximum Gasteiger partial charge on any atom is 0.309 e. The molecule has 2 fully saturated rings. The normalized spacial score (nSPS) is 27.2. The third kappa shape index (κ3) is 2.23. The molecule has 18 heavy (non-hydrogen) atoms. The van der Waals surface area contributed by atoms with E-state index in [4.69, 9.17) is 5.11 Å². The fourth-order valence-electron chi connectivity index (χ4n) is 3.31. The maximum atomic E-state index is 10.7. The van der Waals surface area contributed by atoms with Crippen LogP contribution in [0.5, 0.6) is 0 Å². The Balaban J connectivity index is 1.74. The first-order valence-corrected chi connectivity index (χ1v) is 7.55. The van der Waals surface area contributed by atoms with E-state index in [1.807, 2.05) is 5.38 Å². The Labute approximate surface area is 111 Å². The van der Waals surface area contributed by atoms with Crippen molar-refractivity contribution in [1.29, 1.82) is 0 Å². The summed E-state index contributed by atoms with van der Waals surface area (Å²) in [7, 11) is 0. The Morgan fingerprint density at radius 3 is 3.11 bits per heavy atom. The van der Waals surface area contributed by atoms with E-state index < -0.39 is 5.97 Å². The van der Waals surface area contributed by atoms with E-state index in [2.05, 4.69) is 9.88 Å². The molecule has 1 aliphatic heterocycles. The molecule has 2 heterocycles. The summed E-state index contributed by atoms with van der Waals surface area (Å²) in [5.74, 6) is 0.0365. The van der Waals surface area contributed by atoms with Crippen LogP contribution in [-0.2, 0) is 11.2 Å². The van der Waals surface area contributed by atoms with Gasteiger partial charge in [-0.15, -0.1) is 11.3 Å². The van der Waals surface area contributed by atoms with Crippen molar-refractivity contribution in [2.75, 3.05) is 11.4 Å². The van der Waals surface area contributed by atoms with E-state index in [0.29, 0.717) is 11.7 Å². The summed E-state index contributed by atoms with van der Waals surface area (Å²) in [4.78, 5) is 17.6. The van der Waals surface area contributed by atoms with Crippen LogP contribution in [0.1, 0.15) is 37.8 Å². The second kappa shape index (κ2) is 4.88. The molecule has 1 aromatic heterocycles. The number of anilines is 1. The topological polar surface area (TPSA) is 53.4 Å². The Kier molecular flexibility index (Phi) is 3.24. The van der Waals surface area contributed by atoms with Gasteiger partial charge in [-0.3, -0.25) is 4.79 Å². The van der Waals surface area contributed by atoms with Gasteiger partial charge in [0.25, 0.3) is 0 Å². The molecule has 1 aromatic rings. The Bertz CT molecular complexity index is 446. The van der Waals surface area contributed by atoms with Gasteiger partial charge < -0.3 is 10.0 Å². The minimum absolute atomic E-state index is 0.0401. The van der Waals surface area contributed by atoms with Gasteiger partial charge in [0.15, 0.2) is 5.13 Å². The van der Waals surface area contributed by atoms with Crippen LogP contribution in [0.3, 0.4) is 0 Å². The SMILES string of the molecule is O=C(O)Cc1csc(N2CCC3CCCCC32)n1. The molecule has 0 amide bonds. The van der Waals surface area contributed by atoms with Crippen LogP contribution < -0.4 is 4.90 Å². The maximum absolute atomic E-state index is 10.7. The van der Waals surface area contributed by atoms with Gasteiger partial charge in [-0.2, -0.15) is 0 Å². The number of rotatable bonds is 3. The standard InChI is InChI=1S/C13H18N2O2S/c16-12(17)7-10-8-18-13(14-10)15-6-5-9-3-1-2-4-11(9)15/h8-9,11H,1-7H2,(H,16,17). The highest BCUT2D eigenvalue weighted by atomic mass is 32.1. The number of carboxylic acid groups (broad SMARTS) is 1. The summed E-state index contributed by atoms with van der Waals surface area (Å²) >= 11 is 1.60. The molecule has 1 saturated heterocycles. The summed E-state index contributed by atoms with van der Waals surface area (Å²) in [5.41, 5.74) is 0.696. The molecule has 98 valence electrons. The lowest BCUT2D eigenvalue weighted by atomic mass is 9.85. The molecule has 1 N–H and O–H groups in total. The lowest BCUT2D eigenvalue weighted by Gasteiger charge is -2.31. The number of aliphatic carboxylic acids is 1. The molecule has 0 spiro atoms. The average molecular weight is 266 g/mol. The van der Waals surface area contributed by atoms with Gasteiger partial charge in [0.2, 0.25) is 0 Å². The van der Waals surface area contributed by atoms with Crippen molar-refractivity contribution in [3.63, 3.8) is 0 Å². The van der Waals surface area contributed by atoms with Crippen molar-refractivity contribution in [3.8, 4) is 0 Å². The lowest BCUT2D eigenvalue weighted by Crippen LogP contribution is -2.34. The molecule has 2 atom stereocenters. The molecule has 5 heteroatoms. The number of nitrogens with zero attached hydrogens (tertiary/aromatic N) is 2. The van der Waals surface area contributed by atoms with Crippen LogP contribution in [0, 0.1) is 5.92 Å². The first kappa shape index (κ1) is 12.0. The predicted octanol–water partition coefficient (Wildman–Crippen LogP) is 2.54. The minimum atomic E-state index is -0.802. The van der Waals surface area contributed by atoms with Crippen molar-refractivity contribution >= 4 is 22.4 Å². The number of carboxylic acids is 1. The predicted molar refractivity (Wildman–Crippen MR) is 71.2 cm³/mol. The van der Waals surface area contributed by atoms with E-state index >= 15 is 0 Å². The summed E-state index contributed by atoms with van der Waals surface area (Å²) in [6.07, 6.45) is 6.64. The fourth-order valence-corrected chi connectivity index (χ4v) is 4.22. The third-order valence-corrected chi connectivity index (χ3v) is 5.05. The summed E-state index contributed by atoms with van der Waals surface area (Å²) in [6, 6.07) is 0.655. The molecule has 4 nitrogen and oxygen atoms in total. The Morgan fingerprint density at radius 2 is 2.28 bits per heavy atom. The number of carbonyl (C=O) groups is 1. The van der Waals surface area contributed by atoms with Crippen molar-refractivity contribution in [3.05, 3.63) is 11.1 Å². The largest absolute Gasteiger partial charge is 0.481 e. The molecule has 3 rings (SSSR count). The van der Waals surface area contributed by atoms with E-state index in [9.17, 15) is 4.79 Å². The zero-order chi connectivity index (χ0) is 12.5. The number of aromatic nitrogens is 1. The molecule has 0 aromatic carbocycles. The van der Waals surface area contributed by atoms with Gasteiger partial charge in [0.1, 0.15) is 0 Å². The molecule has 1 aliphatic carbocycles. The molecule has 0 radical (unpaired) electrons. The highest BCUT2D eigenvalue weighted by molar-refractivity contribution is 7.13. The molecule has 1 saturated carbocycles. The van der Waals surface area contributed by atoms with Crippen molar-refractivity contribution < 1.29 is 9.90 Å². The number of fused-ring (bicyclic) bond motifs is 1. The minimum Gasteiger partial charge on any atom is -0.481 e. The van der Waals surface area contributed by atoms with Crippen molar-refractivity contribution in [2.45, 2.75) is 44.6 Å². The summed E-state index contributed by atoms with van der Waals surface area (Å²) < 4.78 is 0. The number of thiazole rings is 1. The highest BCUT2D eigenvalue weighted by Gasteiger charge is 2.36. The summed E-state index contributed by atoms with van der Waals surface area (Å²) in [5, 5.41) is 11.7. The van der Waals surface area contributed by atoms with Gasteiger partial charge in [-0.25, -0.2) is 4.98 Å². The fraction of sp³-hybridized carbons (Fsp3) is 0.692. The quantitative estimate of drug-likeness (QED) is 0.913. The Morgan fingerprint density at radius 1 is 1.44 bits per heavy atom. The molecular formula is C13H18N2O2S. The number of hydrogen-bond acceptors (Lipinski definition) is 4. The van der Waals surface area contributed by atoms with Gasteiger partial charge in [0.05, 0.1) is 12.1 Å². The highest BCUT2D eigenvalue weighted by Crippen LogP contribution is 2.39.